The quantitative estimate of drug-likeness (QED) is 0.371. The third-order valence-corrected chi connectivity index (χ3v) is 4.20. The fourth-order valence-corrected chi connectivity index (χ4v) is 2.44. The van der Waals surface area contributed by atoms with Crippen molar-refractivity contribution in [1.29, 1.82) is 0 Å². The largest absolute Gasteiger partial charge is 0.390 e. The molecule has 0 atom stereocenters. The van der Waals surface area contributed by atoms with Gasteiger partial charge in [-0.05, 0) is 64.7 Å². The van der Waals surface area contributed by atoms with Gasteiger partial charge in [0, 0.05) is 0 Å². The Labute approximate surface area is 187 Å². The molecule has 0 spiro atoms. The highest BCUT2D eigenvalue weighted by atomic mass is 16.3. The zero-order valence-electron chi connectivity index (χ0n) is 23.0. The Morgan fingerprint density at radius 1 is 0.517 bits per heavy atom. The maximum atomic E-state index is 9.27. The topological polar surface area (TPSA) is 40.5 Å². The third kappa shape index (κ3) is 65.5. The molecule has 0 aliphatic carbocycles. The minimum Gasteiger partial charge on any atom is -0.390 e. The second-order valence-electron chi connectivity index (χ2n) is 11.0. The van der Waals surface area contributed by atoms with E-state index in [1.54, 1.807) is 0 Å². The van der Waals surface area contributed by atoms with Crippen LogP contribution in [0.1, 0.15) is 148 Å². The summed E-state index contributed by atoms with van der Waals surface area (Å²) in [6, 6.07) is 0. The summed E-state index contributed by atoms with van der Waals surface area (Å²) in [6.07, 6.45) is 10.8. The van der Waals surface area contributed by atoms with Crippen LogP contribution in [0.4, 0.5) is 0 Å². The molecule has 0 heterocycles. The second-order valence-corrected chi connectivity index (χ2v) is 11.0. The maximum Gasteiger partial charge on any atom is 0.0591 e. The van der Waals surface area contributed by atoms with Crippen molar-refractivity contribution in [1.82, 2.24) is 0 Å². The predicted molar refractivity (Wildman–Crippen MR) is 136 cm³/mol. The first-order chi connectivity index (χ1) is 13.0. The molecule has 0 unspecified atom stereocenters. The minimum absolute atomic E-state index is 0.450. The Kier molecular flexibility index (Phi) is 28.3. The minimum atomic E-state index is -0.468. The van der Waals surface area contributed by atoms with E-state index in [1.807, 2.05) is 27.7 Å². The van der Waals surface area contributed by atoms with E-state index in [0.717, 1.165) is 37.5 Å². The lowest BCUT2D eigenvalue weighted by molar-refractivity contribution is 0.0650. The average Bonchev–Trinajstić information content (AvgIpc) is 2.51. The molecule has 0 radical (unpaired) electrons. The van der Waals surface area contributed by atoms with Crippen LogP contribution in [0.2, 0.25) is 0 Å². The number of rotatable bonds is 10. The molecule has 0 saturated carbocycles. The molecule has 0 aromatic carbocycles. The molecular formula is C27H62O2. The standard InChI is InChI=1S/C8H18O.C7H16.C6H14O.C6H14/c1-7(2)5-6-8(3,4)9;1-4-5-6-7(2)3;1-4-5-6(2,3)7;1-4-5-6(2)3/h7,9H,5-6H2,1-4H3;7H,4-6H2,1-3H3;7H,4-5H2,1-3H3;6H,4-5H2,1-3H3. The molecule has 0 aliphatic rings. The molecule has 29 heavy (non-hydrogen) atoms. The summed E-state index contributed by atoms with van der Waals surface area (Å²) in [5.41, 5.74) is -0.918. The lowest BCUT2D eigenvalue weighted by Crippen LogP contribution is -2.18. The molecule has 0 amide bonds. The summed E-state index contributed by atoms with van der Waals surface area (Å²) in [5, 5.41) is 18.3. The second kappa shape index (κ2) is 22.6. The van der Waals surface area contributed by atoms with E-state index < -0.39 is 11.2 Å². The Bertz CT molecular complexity index is 280. The Hall–Kier alpha value is -0.0800. The molecule has 0 rings (SSSR count). The van der Waals surface area contributed by atoms with E-state index >= 15 is 0 Å². The smallest absolute Gasteiger partial charge is 0.0591 e. The van der Waals surface area contributed by atoms with Gasteiger partial charge in [-0.2, -0.15) is 0 Å². The van der Waals surface area contributed by atoms with Crippen LogP contribution in [0.25, 0.3) is 0 Å². The van der Waals surface area contributed by atoms with Crippen LogP contribution < -0.4 is 0 Å². The van der Waals surface area contributed by atoms with Crippen LogP contribution in [0, 0.1) is 17.8 Å². The van der Waals surface area contributed by atoms with Gasteiger partial charge in [-0.3, -0.25) is 0 Å². The number of unbranched alkanes of at least 4 members (excludes halogenated alkanes) is 1. The van der Waals surface area contributed by atoms with Crippen LogP contribution in [0.15, 0.2) is 0 Å². The van der Waals surface area contributed by atoms with E-state index in [2.05, 4.69) is 62.3 Å². The maximum absolute atomic E-state index is 9.27. The summed E-state index contributed by atoms with van der Waals surface area (Å²) < 4.78 is 0. The van der Waals surface area contributed by atoms with Crippen LogP contribution in [0.3, 0.4) is 0 Å². The third-order valence-electron chi connectivity index (χ3n) is 4.20. The molecule has 0 aromatic rings. The first kappa shape index (κ1) is 36.3. The summed E-state index contributed by atoms with van der Waals surface area (Å²) in [7, 11) is 0. The summed E-state index contributed by atoms with van der Waals surface area (Å²) >= 11 is 0. The SMILES string of the molecule is CC(C)CCC(C)(C)O.CCCC(C)(C)O.CCCC(C)C.CCCCC(C)C. The molecular weight excluding hydrogens is 356 g/mol. The van der Waals surface area contributed by atoms with Gasteiger partial charge in [0.05, 0.1) is 11.2 Å². The predicted octanol–water partition coefficient (Wildman–Crippen LogP) is 9.03. The van der Waals surface area contributed by atoms with Crippen molar-refractivity contribution < 1.29 is 10.2 Å². The van der Waals surface area contributed by atoms with Crippen molar-refractivity contribution in [3.05, 3.63) is 0 Å². The van der Waals surface area contributed by atoms with Gasteiger partial charge in [0.1, 0.15) is 0 Å². The van der Waals surface area contributed by atoms with Crippen LogP contribution in [-0.2, 0) is 0 Å². The first-order valence-electron chi connectivity index (χ1n) is 12.5. The van der Waals surface area contributed by atoms with Gasteiger partial charge in [0.2, 0.25) is 0 Å². The van der Waals surface area contributed by atoms with Crippen LogP contribution >= 0.6 is 0 Å². The van der Waals surface area contributed by atoms with Gasteiger partial charge in [0.15, 0.2) is 0 Å². The molecule has 0 aliphatic heterocycles. The molecule has 2 nitrogen and oxygen atoms in total. The lowest BCUT2D eigenvalue weighted by atomic mass is 9.97. The van der Waals surface area contributed by atoms with E-state index in [0.29, 0.717) is 5.92 Å². The monoisotopic (exact) mass is 418 g/mol. The van der Waals surface area contributed by atoms with E-state index in [4.69, 9.17) is 5.11 Å². The molecule has 2 heteroatoms. The molecule has 0 aromatic heterocycles. The molecule has 182 valence electrons. The molecule has 0 fully saturated rings. The van der Waals surface area contributed by atoms with Crippen LogP contribution in [0.5, 0.6) is 0 Å². The number of hydrogen-bond acceptors (Lipinski definition) is 2. The highest BCUT2D eigenvalue weighted by Gasteiger charge is 2.12. The normalized spacial score (nSPS) is 11.4. The highest BCUT2D eigenvalue weighted by Crippen LogP contribution is 2.14. The number of aliphatic hydroxyl groups is 2. The molecule has 2 N–H and O–H groups in total. The fourth-order valence-electron chi connectivity index (χ4n) is 2.44. The Balaban J connectivity index is -0.000000145. The van der Waals surface area contributed by atoms with Crippen molar-refractivity contribution in [3.8, 4) is 0 Å². The van der Waals surface area contributed by atoms with Gasteiger partial charge in [-0.15, -0.1) is 0 Å². The average molecular weight is 419 g/mol. The van der Waals surface area contributed by atoms with Gasteiger partial charge in [-0.25, -0.2) is 0 Å². The summed E-state index contributed by atoms with van der Waals surface area (Å²) in [4.78, 5) is 0. The van der Waals surface area contributed by atoms with E-state index in [9.17, 15) is 5.11 Å². The van der Waals surface area contributed by atoms with Crippen molar-refractivity contribution in [2.45, 2.75) is 159 Å². The first-order valence-corrected chi connectivity index (χ1v) is 12.5. The van der Waals surface area contributed by atoms with E-state index in [1.165, 1.54) is 32.1 Å². The Morgan fingerprint density at radius 3 is 0.966 bits per heavy atom. The van der Waals surface area contributed by atoms with E-state index in [-0.39, 0.29) is 0 Å². The van der Waals surface area contributed by atoms with Crippen molar-refractivity contribution in [3.63, 3.8) is 0 Å². The Morgan fingerprint density at radius 2 is 0.897 bits per heavy atom. The zero-order chi connectivity index (χ0) is 24.1. The zero-order valence-corrected chi connectivity index (χ0v) is 23.0. The van der Waals surface area contributed by atoms with Crippen molar-refractivity contribution in [2.75, 3.05) is 0 Å². The van der Waals surface area contributed by atoms with Crippen molar-refractivity contribution in [2.24, 2.45) is 17.8 Å². The van der Waals surface area contributed by atoms with Crippen LogP contribution in [-0.4, -0.2) is 21.4 Å². The van der Waals surface area contributed by atoms with Crippen molar-refractivity contribution >= 4 is 0 Å². The van der Waals surface area contributed by atoms with Gasteiger partial charge >= 0.3 is 0 Å². The molecule has 0 bridgehead atoms. The highest BCUT2D eigenvalue weighted by molar-refractivity contribution is 4.65. The van der Waals surface area contributed by atoms with Gasteiger partial charge in [0.25, 0.3) is 0 Å². The lowest BCUT2D eigenvalue weighted by Gasteiger charge is -2.17. The fraction of sp³-hybridized carbons (Fsp3) is 1.00. The number of hydrogen-bond donors (Lipinski definition) is 2. The van der Waals surface area contributed by atoms with Gasteiger partial charge < -0.3 is 10.2 Å². The van der Waals surface area contributed by atoms with Gasteiger partial charge in [-0.1, -0.05) is 101 Å². The molecule has 0 saturated heterocycles. The summed E-state index contributed by atoms with van der Waals surface area (Å²) in [6.45, 7) is 27.3. The summed E-state index contributed by atoms with van der Waals surface area (Å²) in [5.74, 6) is 2.51.